The number of nitrogens with zero attached hydrogens (tertiary/aromatic N) is 2. The van der Waals surface area contributed by atoms with Crippen molar-refractivity contribution in [2.75, 3.05) is 32.1 Å². The van der Waals surface area contributed by atoms with Gasteiger partial charge in [0.15, 0.2) is 0 Å². The largest absolute Gasteiger partial charge is 0.370 e. The van der Waals surface area contributed by atoms with Crippen LogP contribution < -0.4 is 10.2 Å². The topological polar surface area (TPSA) is 18.5 Å². The highest BCUT2D eigenvalue weighted by Gasteiger charge is 2.26. The molecule has 1 aromatic rings. The van der Waals surface area contributed by atoms with Crippen LogP contribution in [0, 0.1) is 0 Å². The maximum atomic E-state index is 6.46. The van der Waals surface area contributed by atoms with Crippen molar-refractivity contribution in [2.45, 2.75) is 45.3 Å². The smallest absolute Gasteiger partial charge is 0.0471 e. The summed E-state index contributed by atoms with van der Waals surface area (Å²) in [4.78, 5) is 4.79. The predicted molar refractivity (Wildman–Crippen MR) is 92.3 cm³/mol. The Kier molecular flexibility index (Phi) is 5.18. The zero-order valence-corrected chi connectivity index (χ0v) is 14.7. The van der Waals surface area contributed by atoms with Crippen LogP contribution in [0.4, 0.5) is 5.69 Å². The van der Waals surface area contributed by atoms with E-state index in [2.05, 4.69) is 62.1 Å². The van der Waals surface area contributed by atoms with Crippen LogP contribution in [0.25, 0.3) is 0 Å². The van der Waals surface area contributed by atoms with E-state index in [0.29, 0.717) is 6.04 Å². The molecule has 1 unspecified atom stereocenters. The van der Waals surface area contributed by atoms with Gasteiger partial charge in [-0.25, -0.2) is 0 Å². The highest BCUT2D eigenvalue weighted by molar-refractivity contribution is 6.31. The third kappa shape index (κ3) is 4.35. The Hall–Kier alpha value is -0.770. The first kappa shape index (κ1) is 16.6. The molecule has 0 saturated carbocycles. The van der Waals surface area contributed by atoms with Crippen molar-refractivity contribution in [1.29, 1.82) is 0 Å². The second-order valence-corrected chi connectivity index (χ2v) is 7.60. The normalized spacial score (nSPS) is 19.6. The van der Waals surface area contributed by atoms with Crippen molar-refractivity contribution < 1.29 is 0 Å². The van der Waals surface area contributed by atoms with Crippen LogP contribution in [0.1, 0.15) is 32.8 Å². The second kappa shape index (κ2) is 6.55. The van der Waals surface area contributed by atoms with Crippen molar-refractivity contribution in [3.8, 4) is 0 Å². The van der Waals surface area contributed by atoms with Gasteiger partial charge in [-0.3, -0.25) is 0 Å². The van der Waals surface area contributed by atoms with Crippen molar-refractivity contribution in [2.24, 2.45) is 0 Å². The Labute approximate surface area is 134 Å². The molecule has 3 nitrogen and oxygen atoms in total. The van der Waals surface area contributed by atoms with Gasteiger partial charge in [0.2, 0.25) is 0 Å². The van der Waals surface area contributed by atoms with Crippen LogP contribution in [0.15, 0.2) is 18.2 Å². The van der Waals surface area contributed by atoms with Gasteiger partial charge in [0.1, 0.15) is 0 Å². The van der Waals surface area contributed by atoms with Crippen LogP contribution in [0.5, 0.6) is 0 Å². The number of halogens is 1. The summed E-state index contributed by atoms with van der Waals surface area (Å²) in [7, 11) is 4.32. The molecule has 1 aliphatic heterocycles. The van der Waals surface area contributed by atoms with E-state index in [1.54, 1.807) is 0 Å². The van der Waals surface area contributed by atoms with Gasteiger partial charge >= 0.3 is 0 Å². The molecule has 1 N–H and O–H groups in total. The molecule has 0 bridgehead atoms. The summed E-state index contributed by atoms with van der Waals surface area (Å²) in [5.74, 6) is 0. The molecular weight excluding hydrogens is 282 g/mol. The lowest BCUT2D eigenvalue weighted by molar-refractivity contribution is 0.315. The Bertz CT molecular complexity index is 479. The van der Waals surface area contributed by atoms with E-state index in [-0.39, 0.29) is 5.54 Å². The molecule has 1 fully saturated rings. The van der Waals surface area contributed by atoms with Crippen LogP contribution >= 0.6 is 11.6 Å². The first-order chi connectivity index (χ1) is 9.78. The molecule has 118 valence electrons. The predicted octanol–water partition coefficient (Wildman–Crippen LogP) is 3.37. The minimum Gasteiger partial charge on any atom is -0.370 e. The summed E-state index contributed by atoms with van der Waals surface area (Å²) in [6.45, 7) is 9.54. The molecule has 0 aliphatic carbocycles. The molecule has 1 atom stereocenters. The monoisotopic (exact) mass is 309 g/mol. The summed E-state index contributed by atoms with van der Waals surface area (Å²) in [6, 6.07) is 6.88. The zero-order chi connectivity index (χ0) is 15.6. The number of rotatable bonds is 4. The fraction of sp³-hybridized carbons (Fsp3) is 0.647. The molecule has 1 saturated heterocycles. The van der Waals surface area contributed by atoms with Gasteiger partial charge in [0.25, 0.3) is 0 Å². The van der Waals surface area contributed by atoms with Gasteiger partial charge in [-0.15, -0.1) is 0 Å². The molecular formula is C17H28ClN3. The van der Waals surface area contributed by atoms with Gasteiger partial charge in [-0.2, -0.15) is 0 Å². The zero-order valence-electron chi connectivity index (χ0n) is 13.9. The number of benzene rings is 1. The second-order valence-electron chi connectivity index (χ2n) is 7.19. The minimum atomic E-state index is 0.0909. The van der Waals surface area contributed by atoms with Crippen LogP contribution in [0.3, 0.4) is 0 Å². The standard InChI is InChI=1S/C17H28ClN3/c1-17(2,3)19-11-14-15(18)7-6-8-16(14)21-10-9-13(12-21)20(4)5/h6-8,13,19H,9-12H2,1-5H3. The van der Waals surface area contributed by atoms with E-state index in [1.165, 1.54) is 17.7 Å². The van der Waals surface area contributed by atoms with E-state index in [1.807, 2.05) is 6.07 Å². The number of hydrogen-bond acceptors (Lipinski definition) is 3. The van der Waals surface area contributed by atoms with Gasteiger partial charge in [-0.05, 0) is 53.4 Å². The maximum Gasteiger partial charge on any atom is 0.0471 e. The maximum absolute atomic E-state index is 6.46. The van der Waals surface area contributed by atoms with E-state index in [9.17, 15) is 0 Å². The molecule has 1 aliphatic rings. The number of nitrogens with one attached hydrogen (secondary N) is 1. The molecule has 0 radical (unpaired) electrons. The summed E-state index contributed by atoms with van der Waals surface area (Å²) < 4.78 is 0. The van der Waals surface area contributed by atoms with Crippen LogP contribution in [-0.2, 0) is 6.54 Å². The van der Waals surface area contributed by atoms with Crippen LogP contribution in [-0.4, -0.2) is 43.7 Å². The fourth-order valence-electron chi connectivity index (χ4n) is 2.75. The van der Waals surface area contributed by atoms with E-state index >= 15 is 0 Å². The average molecular weight is 310 g/mol. The first-order valence-electron chi connectivity index (χ1n) is 7.72. The SMILES string of the molecule is CN(C)C1CCN(c2cccc(Cl)c2CNC(C)(C)C)C1. The molecule has 1 aromatic carbocycles. The highest BCUT2D eigenvalue weighted by atomic mass is 35.5. The van der Waals surface area contributed by atoms with Crippen molar-refractivity contribution in [1.82, 2.24) is 10.2 Å². The first-order valence-corrected chi connectivity index (χ1v) is 8.09. The third-order valence-electron chi connectivity index (χ3n) is 4.12. The lowest BCUT2D eigenvalue weighted by atomic mass is 10.1. The van der Waals surface area contributed by atoms with E-state index < -0.39 is 0 Å². The molecule has 0 aromatic heterocycles. The molecule has 4 heteroatoms. The van der Waals surface area contributed by atoms with Gasteiger partial charge in [0, 0.05) is 47.5 Å². The Balaban J connectivity index is 2.18. The van der Waals surface area contributed by atoms with Gasteiger partial charge < -0.3 is 15.1 Å². The van der Waals surface area contributed by atoms with Crippen molar-refractivity contribution >= 4 is 17.3 Å². The summed E-state index contributed by atoms with van der Waals surface area (Å²) >= 11 is 6.46. The molecule has 21 heavy (non-hydrogen) atoms. The van der Waals surface area contributed by atoms with E-state index in [4.69, 9.17) is 11.6 Å². The minimum absolute atomic E-state index is 0.0909. The molecule has 0 amide bonds. The summed E-state index contributed by atoms with van der Waals surface area (Å²) in [6.07, 6.45) is 1.21. The Morgan fingerprint density at radius 3 is 2.62 bits per heavy atom. The Morgan fingerprint density at radius 2 is 2.05 bits per heavy atom. The number of anilines is 1. The number of likely N-dealkylation sites (N-methyl/N-ethyl adjacent to an activating group) is 1. The lowest BCUT2D eigenvalue weighted by Gasteiger charge is -2.27. The fourth-order valence-corrected chi connectivity index (χ4v) is 2.99. The highest BCUT2D eigenvalue weighted by Crippen LogP contribution is 2.31. The van der Waals surface area contributed by atoms with Crippen LogP contribution in [0.2, 0.25) is 5.02 Å². The lowest BCUT2D eigenvalue weighted by Crippen LogP contribution is -2.36. The van der Waals surface area contributed by atoms with Gasteiger partial charge in [0.05, 0.1) is 0 Å². The van der Waals surface area contributed by atoms with Gasteiger partial charge in [-0.1, -0.05) is 17.7 Å². The van der Waals surface area contributed by atoms with E-state index in [0.717, 1.165) is 24.7 Å². The Morgan fingerprint density at radius 1 is 1.33 bits per heavy atom. The summed E-state index contributed by atoms with van der Waals surface area (Å²) in [5, 5.41) is 4.41. The van der Waals surface area contributed by atoms with Crippen molar-refractivity contribution in [3.63, 3.8) is 0 Å². The molecule has 1 heterocycles. The third-order valence-corrected chi connectivity index (χ3v) is 4.48. The molecule has 0 spiro atoms. The summed E-state index contributed by atoms with van der Waals surface area (Å²) in [5.41, 5.74) is 2.59. The quantitative estimate of drug-likeness (QED) is 0.920. The average Bonchev–Trinajstić information content (AvgIpc) is 2.85. The molecule has 2 rings (SSSR count). The van der Waals surface area contributed by atoms with Crippen molar-refractivity contribution in [3.05, 3.63) is 28.8 Å². The number of hydrogen-bond donors (Lipinski definition) is 1.